The molecule has 3 aromatic carbocycles. The normalized spacial score (nSPS) is 11.8. The lowest BCUT2D eigenvalue weighted by Crippen LogP contribution is -2.03. The summed E-state index contributed by atoms with van der Waals surface area (Å²) in [6.07, 6.45) is 1.53. The van der Waals surface area contributed by atoms with Gasteiger partial charge in [-0.05, 0) is 24.3 Å². The third-order valence-electron chi connectivity index (χ3n) is 3.64. The van der Waals surface area contributed by atoms with E-state index in [0.29, 0.717) is 27.5 Å². The number of oxime groups is 1. The number of phenolic OH excluding ortho intramolecular Hbond substituents is 1. The molecule has 0 heterocycles. The van der Waals surface area contributed by atoms with Crippen LogP contribution in [0.25, 0.3) is 0 Å². The van der Waals surface area contributed by atoms with E-state index in [1.54, 1.807) is 12.1 Å². The Kier molecular flexibility index (Phi) is 5.11. The zero-order valence-electron chi connectivity index (χ0n) is 13.2. The monoisotopic (exact) mass is 350 g/mol. The second-order valence-electron chi connectivity index (χ2n) is 5.29. The van der Waals surface area contributed by atoms with Gasteiger partial charge in [0.05, 0.1) is 5.69 Å². The third-order valence-corrected chi connectivity index (χ3v) is 3.87. The Balaban J connectivity index is 2.02. The maximum absolute atomic E-state index is 9.90. The van der Waals surface area contributed by atoms with E-state index in [-0.39, 0.29) is 5.75 Å². The molecule has 0 radical (unpaired) electrons. The first-order valence-electron chi connectivity index (χ1n) is 7.58. The highest BCUT2D eigenvalue weighted by Gasteiger charge is 2.11. The van der Waals surface area contributed by atoms with Gasteiger partial charge in [0.15, 0.2) is 0 Å². The number of benzene rings is 3. The van der Waals surface area contributed by atoms with Crippen molar-refractivity contribution in [3.63, 3.8) is 0 Å². The lowest BCUT2D eigenvalue weighted by Gasteiger charge is -2.08. The molecule has 25 heavy (non-hydrogen) atoms. The van der Waals surface area contributed by atoms with Gasteiger partial charge in [-0.3, -0.25) is 4.99 Å². The van der Waals surface area contributed by atoms with Crippen LogP contribution in [0.15, 0.2) is 82.9 Å². The minimum atomic E-state index is 0.0877. The lowest BCUT2D eigenvalue weighted by molar-refractivity contribution is 0.319. The summed E-state index contributed by atoms with van der Waals surface area (Å²) in [7, 11) is 0. The molecule has 0 atom stereocenters. The highest BCUT2D eigenvalue weighted by Crippen LogP contribution is 2.25. The summed E-state index contributed by atoms with van der Waals surface area (Å²) < 4.78 is 0. The molecule has 0 aromatic heterocycles. The van der Waals surface area contributed by atoms with Crippen LogP contribution in [0.2, 0.25) is 5.02 Å². The molecular weight excluding hydrogens is 336 g/mol. The second-order valence-corrected chi connectivity index (χ2v) is 5.73. The van der Waals surface area contributed by atoms with Gasteiger partial charge in [0.1, 0.15) is 11.5 Å². The molecule has 3 rings (SSSR count). The predicted octanol–water partition coefficient (Wildman–Crippen LogP) is 5.02. The first-order chi connectivity index (χ1) is 12.2. The summed E-state index contributed by atoms with van der Waals surface area (Å²) in [6, 6.07) is 21.4. The number of rotatable bonds is 4. The SMILES string of the molecule is ON=C(c1ccccc1)c1ccccc1N=Cc1cc(Cl)ccc1O. The van der Waals surface area contributed by atoms with Gasteiger partial charge in [0.2, 0.25) is 0 Å². The van der Waals surface area contributed by atoms with Crippen LogP contribution in [-0.2, 0) is 0 Å². The van der Waals surface area contributed by atoms with Crippen molar-refractivity contribution in [1.82, 2.24) is 0 Å². The van der Waals surface area contributed by atoms with Crippen LogP contribution in [0, 0.1) is 0 Å². The van der Waals surface area contributed by atoms with Gasteiger partial charge in [0, 0.05) is 27.9 Å². The summed E-state index contributed by atoms with van der Waals surface area (Å²) in [5.41, 5.74) is 2.99. The molecule has 0 aliphatic carbocycles. The molecule has 3 aromatic rings. The predicted molar refractivity (Wildman–Crippen MR) is 101 cm³/mol. The molecule has 0 spiro atoms. The molecule has 0 saturated heterocycles. The van der Waals surface area contributed by atoms with E-state index in [0.717, 1.165) is 5.56 Å². The fourth-order valence-corrected chi connectivity index (χ4v) is 2.60. The van der Waals surface area contributed by atoms with Crippen molar-refractivity contribution < 1.29 is 10.3 Å². The standard InChI is InChI=1S/C20H15ClN2O2/c21-16-10-11-19(24)15(12-16)13-22-18-9-5-4-8-17(18)20(23-25)14-6-2-1-3-7-14/h1-13,24-25H. The molecule has 0 fully saturated rings. The van der Waals surface area contributed by atoms with Crippen LogP contribution in [0.5, 0.6) is 5.75 Å². The average Bonchev–Trinajstić information content (AvgIpc) is 2.65. The highest BCUT2D eigenvalue weighted by atomic mass is 35.5. The van der Waals surface area contributed by atoms with E-state index in [1.165, 1.54) is 12.3 Å². The van der Waals surface area contributed by atoms with Crippen LogP contribution >= 0.6 is 11.6 Å². The molecule has 0 unspecified atom stereocenters. The molecule has 0 aliphatic rings. The molecule has 2 N–H and O–H groups in total. The van der Waals surface area contributed by atoms with Crippen molar-refractivity contribution >= 4 is 29.2 Å². The quantitative estimate of drug-likeness (QED) is 0.394. The van der Waals surface area contributed by atoms with E-state index >= 15 is 0 Å². The summed E-state index contributed by atoms with van der Waals surface area (Å²) in [5, 5.41) is 23.4. The van der Waals surface area contributed by atoms with Crippen molar-refractivity contribution in [3.8, 4) is 5.75 Å². The van der Waals surface area contributed by atoms with Crippen LogP contribution in [0.4, 0.5) is 5.69 Å². The molecule has 124 valence electrons. The number of hydrogen-bond donors (Lipinski definition) is 2. The molecule has 0 saturated carbocycles. The summed E-state index contributed by atoms with van der Waals surface area (Å²) in [4.78, 5) is 4.44. The minimum Gasteiger partial charge on any atom is -0.507 e. The Morgan fingerprint density at radius 3 is 2.40 bits per heavy atom. The van der Waals surface area contributed by atoms with E-state index in [1.807, 2.05) is 54.6 Å². The van der Waals surface area contributed by atoms with E-state index in [4.69, 9.17) is 11.6 Å². The minimum absolute atomic E-state index is 0.0877. The fourth-order valence-electron chi connectivity index (χ4n) is 2.42. The van der Waals surface area contributed by atoms with Crippen molar-refractivity contribution in [2.45, 2.75) is 0 Å². The molecule has 0 aliphatic heterocycles. The van der Waals surface area contributed by atoms with Crippen LogP contribution in [0.3, 0.4) is 0 Å². The van der Waals surface area contributed by atoms with E-state index in [2.05, 4.69) is 10.1 Å². The Bertz CT molecular complexity index is 937. The van der Waals surface area contributed by atoms with Gasteiger partial charge in [-0.25, -0.2) is 0 Å². The van der Waals surface area contributed by atoms with Gasteiger partial charge in [-0.2, -0.15) is 0 Å². The number of nitrogens with zero attached hydrogens (tertiary/aromatic N) is 2. The van der Waals surface area contributed by atoms with Crippen LogP contribution in [0.1, 0.15) is 16.7 Å². The summed E-state index contributed by atoms with van der Waals surface area (Å²) in [6.45, 7) is 0. The Labute approximate surface area is 150 Å². The number of phenols is 1. The zero-order valence-corrected chi connectivity index (χ0v) is 13.9. The summed E-state index contributed by atoms with van der Waals surface area (Å²) in [5.74, 6) is 0.0877. The van der Waals surface area contributed by atoms with Crippen molar-refractivity contribution in [2.75, 3.05) is 0 Å². The number of halogens is 1. The number of para-hydroxylation sites is 1. The second kappa shape index (κ2) is 7.64. The van der Waals surface area contributed by atoms with Crippen molar-refractivity contribution in [2.24, 2.45) is 10.1 Å². The molecular formula is C20H15ClN2O2. The van der Waals surface area contributed by atoms with Gasteiger partial charge < -0.3 is 10.3 Å². The molecule has 4 nitrogen and oxygen atoms in total. The topological polar surface area (TPSA) is 65.2 Å². The maximum Gasteiger partial charge on any atom is 0.124 e. The number of hydrogen-bond acceptors (Lipinski definition) is 4. The lowest BCUT2D eigenvalue weighted by atomic mass is 10.0. The van der Waals surface area contributed by atoms with E-state index in [9.17, 15) is 10.3 Å². The fraction of sp³-hybridized carbons (Fsp3) is 0. The largest absolute Gasteiger partial charge is 0.507 e. The van der Waals surface area contributed by atoms with Gasteiger partial charge >= 0.3 is 0 Å². The van der Waals surface area contributed by atoms with E-state index < -0.39 is 0 Å². The Morgan fingerprint density at radius 1 is 0.920 bits per heavy atom. The van der Waals surface area contributed by atoms with Gasteiger partial charge in [-0.1, -0.05) is 65.3 Å². The first kappa shape index (κ1) is 16.7. The van der Waals surface area contributed by atoms with Crippen LogP contribution in [-0.4, -0.2) is 22.2 Å². The Hall–Kier alpha value is -3.11. The number of aromatic hydroxyl groups is 1. The zero-order chi connectivity index (χ0) is 17.6. The van der Waals surface area contributed by atoms with Crippen molar-refractivity contribution in [3.05, 3.63) is 94.5 Å². The van der Waals surface area contributed by atoms with Crippen molar-refractivity contribution in [1.29, 1.82) is 0 Å². The summed E-state index contributed by atoms with van der Waals surface area (Å²) >= 11 is 5.96. The van der Waals surface area contributed by atoms with Gasteiger partial charge in [-0.15, -0.1) is 0 Å². The first-order valence-corrected chi connectivity index (χ1v) is 7.96. The van der Waals surface area contributed by atoms with Crippen LogP contribution < -0.4 is 0 Å². The number of aliphatic imine (C=N–C) groups is 1. The maximum atomic E-state index is 9.90. The average molecular weight is 351 g/mol. The van der Waals surface area contributed by atoms with Gasteiger partial charge in [0.25, 0.3) is 0 Å². The third kappa shape index (κ3) is 3.87. The molecule has 5 heteroatoms. The molecule has 0 bridgehead atoms. The Morgan fingerprint density at radius 2 is 1.64 bits per heavy atom. The molecule has 0 amide bonds. The highest BCUT2D eigenvalue weighted by molar-refractivity contribution is 6.31. The smallest absolute Gasteiger partial charge is 0.124 e.